The molecule has 0 saturated carbocycles. The maximum absolute atomic E-state index is 6.90. The van der Waals surface area contributed by atoms with Crippen molar-refractivity contribution in [1.29, 1.82) is 0 Å². The van der Waals surface area contributed by atoms with Crippen LogP contribution < -0.4 is 41.3 Å². The average Bonchev–Trinajstić information content (AvgIpc) is 2.98. The first-order chi connectivity index (χ1) is 40.9. The molecule has 414 valence electrons. The highest BCUT2D eigenvalue weighted by molar-refractivity contribution is 7.80. The van der Waals surface area contributed by atoms with Crippen LogP contribution in [0.4, 0.5) is 0 Å². The van der Waals surface area contributed by atoms with Crippen LogP contribution in [0.1, 0.15) is 121 Å². The van der Waals surface area contributed by atoms with Gasteiger partial charge in [0.15, 0.2) is 0 Å². The molecule has 0 fully saturated rings. The second kappa shape index (κ2) is 27.5. The van der Waals surface area contributed by atoms with Crippen molar-refractivity contribution in [1.82, 2.24) is 0 Å². The highest BCUT2D eigenvalue weighted by atomic mass is 31.1. The number of aryl methyl sites for hydroxylation is 2. The van der Waals surface area contributed by atoms with E-state index in [9.17, 15) is 0 Å². The van der Waals surface area contributed by atoms with Gasteiger partial charge in [0.1, 0.15) is 11.5 Å². The van der Waals surface area contributed by atoms with Crippen molar-refractivity contribution < 1.29 is 9.47 Å². The third-order valence-electron chi connectivity index (χ3n) is 16.1. The smallest absolute Gasteiger partial charge is 0.126 e. The summed E-state index contributed by atoms with van der Waals surface area (Å²) in [4.78, 5) is 0. The minimum Gasteiger partial charge on any atom is -0.493 e. The number of fused-ring (bicyclic) bond motifs is 3. The second-order valence-corrected chi connectivity index (χ2v) is 26.3. The van der Waals surface area contributed by atoms with E-state index in [4.69, 9.17) is 9.47 Å². The minimum atomic E-state index is -0.843. The van der Waals surface area contributed by atoms with E-state index in [0.717, 1.165) is 48.3 Å². The van der Waals surface area contributed by atoms with Gasteiger partial charge in [0, 0.05) is 11.1 Å². The standard InChI is InChI=1S/C79H76O2P2/c1-5-7-9-27-53-80-75-51-47-65(57-63(75)45-43-61-29-23-25-39-77(61)82(67-31-15-11-16-32-67)68-33-17-12-18-34-68)79(73-55-59(3)41-49-71(73)72-50-42-60(4)56-74(72)79)66-48-52-76(81-54-28-10-8-6-2)64(58-66)46-44-62-30-24-26-40-78(62)83(69-35-19-13-20-36-69)70-37-21-14-22-38-70/h11-26,29-52,55-58H,5-10,27-28,53-54H2,1-4H3/b45-43+,46-44+. The molecule has 0 spiro atoms. The highest BCUT2D eigenvalue weighted by Crippen LogP contribution is 2.57. The predicted molar refractivity (Wildman–Crippen MR) is 361 cm³/mol. The van der Waals surface area contributed by atoms with Crippen LogP contribution in [0.3, 0.4) is 0 Å². The lowest BCUT2D eigenvalue weighted by Gasteiger charge is -2.35. The van der Waals surface area contributed by atoms with E-state index in [1.54, 1.807) is 0 Å². The topological polar surface area (TPSA) is 18.5 Å². The Kier molecular flexibility index (Phi) is 18.9. The predicted octanol–water partition coefficient (Wildman–Crippen LogP) is 18.4. The van der Waals surface area contributed by atoms with Crippen molar-refractivity contribution in [3.63, 3.8) is 0 Å². The van der Waals surface area contributed by atoms with Gasteiger partial charge in [-0.2, -0.15) is 0 Å². The summed E-state index contributed by atoms with van der Waals surface area (Å²) in [5, 5.41) is 7.96. The molecule has 0 unspecified atom stereocenters. The van der Waals surface area contributed by atoms with Gasteiger partial charge in [-0.05, 0) is 143 Å². The molecule has 0 N–H and O–H groups in total. The maximum Gasteiger partial charge on any atom is 0.126 e. The number of rotatable bonds is 24. The summed E-state index contributed by atoms with van der Waals surface area (Å²) in [6.45, 7) is 10.3. The van der Waals surface area contributed by atoms with Crippen LogP contribution in [0, 0.1) is 13.8 Å². The molecular weight excluding hydrogens is 1040 g/mol. The van der Waals surface area contributed by atoms with Crippen molar-refractivity contribution >= 4 is 72.0 Å². The molecule has 0 amide bonds. The summed E-state index contributed by atoms with van der Waals surface area (Å²) < 4.78 is 13.8. The van der Waals surface area contributed by atoms with Crippen LogP contribution in [0.15, 0.2) is 243 Å². The summed E-state index contributed by atoms with van der Waals surface area (Å²) >= 11 is 0. The first-order valence-corrected chi connectivity index (χ1v) is 32.7. The molecule has 0 heterocycles. The number of unbranched alkanes of at least 4 members (excludes halogenated alkanes) is 6. The Morgan fingerprint density at radius 1 is 0.337 bits per heavy atom. The lowest BCUT2D eigenvalue weighted by molar-refractivity contribution is 0.304. The molecule has 4 heteroatoms. The van der Waals surface area contributed by atoms with E-state index in [1.807, 2.05) is 0 Å². The van der Waals surface area contributed by atoms with Crippen molar-refractivity contribution in [2.45, 2.75) is 84.5 Å². The fraction of sp³-hybridized carbons (Fsp3) is 0.190. The van der Waals surface area contributed by atoms with Gasteiger partial charge in [0.2, 0.25) is 0 Å². The van der Waals surface area contributed by atoms with Crippen molar-refractivity contribution in [3.8, 4) is 22.6 Å². The van der Waals surface area contributed by atoms with Gasteiger partial charge in [0.05, 0.1) is 18.6 Å². The van der Waals surface area contributed by atoms with Gasteiger partial charge < -0.3 is 9.47 Å². The van der Waals surface area contributed by atoms with Gasteiger partial charge in [-0.3, -0.25) is 0 Å². The Labute approximate surface area is 497 Å². The molecule has 0 atom stereocenters. The van der Waals surface area contributed by atoms with E-state index in [0.29, 0.717) is 13.2 Å². The summed E-state index contributed by atoms with van der Waals surface area (Å²) in [5.41, 5.74) is 13.8. The Morgan fingerprint density at radius 2 is 0.687 bits per heavy atom. The van der Waals surface area contributed by atoms with Crippen molar-refractivity contribution in [2.24, 2.45) is 0 Å². The van der Waals surface area contributed by atoms with Gasteiger partial charge in [-0.1, -0.05) is 306 Å². The molecule has 10 aromatic carbocycles. The average molecular weight is 1120 g/mol. The van der Waals surface area contributed by atoms with E-state index in [1.165, 1.54) is 113 Å². The Balaban J connectivity index is 1.10. The summed E-state index contributed by atoms with van der Waals surface area (Å²) in [6, 6.07) is 90.4. The van der Waals surface area contributed by atoms with Crippen LogP contribution in [0.2, 0.25) is 0 Å². The molecule has 10 aromatic rings. The molecule has 0 bridgehead atoms. The largest absolute Gasteiger partial charge is 0.493 e. The van der Waals surface area contributed by atoms with Crippen LogP contribution in [0.25, 0.3) is 35.4 Å². The first kappa shape index (κ1) is 57.0. The normalized spacial score (nSPS) is 12.6. The molecule has 0 radical (unpaired) electrons. The molecule has 0 saturated heterocycles. The van der Waals surface area contributed by atoms with E-state index >= 15 is 0 Å². The van der Waals surface area contributed by atoms with Gasteiger partial charge >= 0.3 is 0 Å². The Hall–Kier alpha value is -7.86. The molecule has 0 aliphatic heterocycles. The van der Waals surface area contributed by atoms with Crippen LogP contribution >= 0.6 is 15.8 Å². The summed E-state index contributed by atoms with van der Waals surface area (Å²) in [6.07, 6.45) is 18.4. The van der Waals surface area contributed by atoms with E-state index < -0.39 is 21.3 Å². The summed E-state index contributed by atoms with van der Waals surface area (Å²) in [5.74, 6) is 1.80. The fourth-order valence-corrected chi connectivity index (χ4v) is 16.9. The molecule has 11 rings (SSSR count). The zero-order valence-corrected chi connectivity index (χ0v) is 50.5. The molecule has 83 heavy (non-hydrogen) atoms. The third kappa shape index (κ3) is 12.7. The maximum atomic E-state index is 6.90. The lowest BCUT2D eigenvalue weighted by Crippen LogP contribution is -2.29. The second-order valence-electron chi connectivity index (χ2n) is 22.0. The molecule has 0 aromatic heterocycles. The van der Waals surface area contributed by atoms with E-state index in [2.05, 4.69) is 295 Å². The van der Waals surface area contributed by atoms with Crippen LogP contribution in [0.5, 0.6) is 11.5 Å². The zero-order valence-electron chi connectivity index (χ0n) is 48.7. The molecule has 2 nitrogen and oxygen atoms in total. The number of hydrogen-bond acceptors (Lipinski definition) is 2. The van der Waals surface area contributed by atoms with Gasteiger partial charge in [-0.25, -0.2) is 0 Å². The quantitative estimate of drug-likeness (QED) is 0.0341. The number of hydrogen-bond donors (Lipinski definition) is 0. The van der Waals surface area contributed by atoms with Crippen LogP contribution in [-0.4, -0.2) is 13.2 Å². The summed E-state index contributed by atoms with van der Waals surface area (Å²) in [7, 11) is -1.69. The number of benzene rings is 10. The van der Waals surface area contributed by atoms with Crippen LogP contribution in [-0.2, 0) is 5.41 Å². The third-order valence-corrected chi connectivity index (χ3v) is 21.2. The highest BCUT2D eigenvalue weighted by Gasteiger charge is 2.47. The zero-order chi connectivity index (χ0) is 56.8. The lowest BCUT2D eigenvalue weighted by atomic mass is 9.66. The number of ether oxygens (including phenoxy) is 2. The van der Waals surface area contributed by atoms with Crippen molar-refractivity contribution in [3.05, 3.63) is 298 Å². The Morgan fingerprint density at radius 3 is 1.06 bits per heavy atom. The molecule has 1 aliphatic rings. The first-order valence-electron chi connectivity index (χ1n) is 30.1. The van der Waals surface area contributed by atoms with E-state index in [-0.39, 0.29) is 0 Å². The van der Waals surface area contributed by atoms with Gasteiger partial charge in [-0.15, -0.1) is 0 Å². The fourth-order valence-electron chi connectivity index (χ4n) is 12.0. The SMILES string of the molecule is CCCCCCOc1ccc(C2(c3ccc(OCCCCCC)c(/C=C/c4ccccc4P(c4ccccc4)c4ccccc4)c3)c3cc(C)ccc3-c3ccc(C)cc32)cc1/C=C/c1ccccc1P(c1ccccc1)c1ccccc1. The van der Waals surface area contributed by atoms with Crippen molar-refractivity contribution in [2.75, 3.05) is 13.2 Å². The van der Waals surface area contributed by atoms with Gasteiger partial charge in [0.25, 0.3) is 0 Å². The monoisotopic (exact) mass is 1120 g/mol. The molecule has 1 aliphatic carbocycles. The Bertz CT molecular complexity index is 3480. The molecular formula is C79H76O2P2. The minimum absolute atomic E-state index is 0.663.